The second-order valence-corrected chi connectivity index (χ2v) is 11.5. The number of hydrogen-bond acceptors (Lipinski definition) is 2. The topological polar surface area (TPSA) is 18.5 Å². The van der Waals surface area contributed by atoms with E-state index < -0.39 is 0 Å². The van der Waals surface area contributed by atoms with Gasteiger partial charge in [0.25, 0.3) is 0 Å². The van der Waals surface area contributed by atoms with Crippen LogP contribution in [0.5, 0.6) is 0 Å². The number of unbranched alkanes of at least 4 members (excludes halogenated alkanes) is 8. The van der Waals surface area contributed by atoms with Crippen molar-refractivity contribution < 1.29 is 13.9 Å². The van der Waals surface area contributed by atoms with Crippen molar-refractivity contribution in [1.82, 2.24) is 0 Å². The summed E-state index contributed by atoms with van der Waals surface area (Å²) in [4.78, 5) is 0. The summed E-state index contributed by atoms with van der Waals surface area (Å²) < 4.78 is 26.8. The van der Waals surface area contributed by atoms with Crippen LogP contribution in [0.3, 0.4) is 0 Å². The number of hydrogen-bond donors (Lipinski definition) is 0. The molecule has 1 aliphatic heterocycles. The lowest BCUT2D eigenvalue weighted by Gasteiger charge is -2.30. The first-order valence-corrected chi connectivity index (χ1v) is 15.2. The molecule has 1 saturated heterocycles. The molecule has 3 heteroatoms. The number of rotatable bonds is 16. The molecule has 2 nitrogen and oxygen atoms in total. The maximum atomic E-state index is 14.9. The van der Waals surface area contributed by atoms with Crippen LogP contribution in [0.25, 0.3) is 0 Å². The summed E-state index contributed by atoms with van der Waals surface area (Å²) in [6.07, 6.45) is 22.4. The largest absolute Gasteiger partial charge is 0.352 e. The van der Waals surface area contributed by atoms with Crippen LogP contribution in [0.1, 0.15) is 140 Å². The predicted molar refractivity (Wildman–Crippen MR) is 145 cm³/mol. The van der Waals surface area contributed by atoms with Gasteiger partial charge in [-0.2, -0.15) is 0 Å². The van der Waals surface area contributed by atoms with Gasteiger partial charge in [-0.3, -0.25) is 0 Å². The Balaban J connectivity index is 1.31. The van der Waals surface area contributed by atoms with Gasteiger partial charge in [-0.05, 0) is 67.6 Å². The van der Waals surface area contributed by atoms with Gasteiger partial charge in [-0.15, -0.1) is 0 Å². The van der Waals surface area contributed by atoms with Crippen molar-refractivity contribution in [1.29, 1.82) is 0 Å². The van der Waals surface area contributed by atoms with Gasteiger partial charge in [0, 0.05) is 12.3 Å². The molecule has 2 aliphatic rings. The molecule has 1 aromatic carbocycles. The average molecular weight is 489 g/mol. The molecular formula is C32H53FO2. The lowest BCUT2D eigenvalue weighted by molar-refractivity contribution is -0.203. The van der Waals surface area contributed by atoms with E-state index in [9.17, 15) is 4.39 Å². The third-order valence-corrected chi connectivity index (χ3v) is 8.51. The highest BCUT2D eigenvalue weighted by Gasteiger charge is 2.24. The minimum atomic E-state index is -0.178. The van der Waals surface area contributed by atoms with Gasteiger partial charge in [0.15, 0.2) is 6.29 Å². The van der Waals surface area contributed by atoms with E-state index in [0.29, 0.717) is 18.3 Å². The maximum Gasteiger partial charge on any atom is 0.157 e. The fourth-order valence-electron chi connectivity index (χ4n) is 6.07. The van der Waals surface area contributed by atoms with E-state index >= 15 is 0 Å². The molecule has 1 aliphatic carbocycles. The monoisotopic (exact) mass is 488 g/mol. The first-order chi connectivity index (χ1) is 17.2. The molecule has 0 N–H and O–H groups in total. The molecule has 0 radical (unpaired) electrons. The summed E-state index contributed by atoms with van der Waals surface area (Å²) in [6, 6.07) is 6.03. The first kappa shape index (κ1) is 28.6. The highest BCUT2D eigenvalue weighted by Crippen LogP contribution is 2.38. The van der Waals surface area contributed by atoms with E-state index in [1.54, 1.807) is 0 Å². The summed E-state index contributed by atoms with van der Waals surface area (Å²) in [5, 5.41) is 0. The van der Waals surface area contributed by atoms with Crippen molar-refractivity contribution in [3.63, 3.8) is 0 Å². The van der Waals surface area contributed by atoms with Gasteiger partial charge < -0.3 is 9.47 Å². The fourth-order valence-corrected chi connectivity index (χ4v) is 6.07. The van der Waals surface area contributed by atoms with Crippen molar-refractivity contribution in [3.05, 3.63) is 35.1 Å². The Morgan fingerprint density at radius 1 is 0.714 bits per heavy atom. The Labute approximate surface area is 215 Å². The zero-order valence-electron chi connectivity index (χ0n) is 22.9. The van der Waals surface area contributed by atoms with Crippen LogP contribution in [0.2, 0.25) is 0 Å². The quantitative estimate of drug-likeness (QED) is 0.216. The lowest BCUT2D eigenvalue weighted by Crippen LogP contribution is -2.32. The van der Waals surface area contributed by atoms with Gasteiger partial charge >= 0.3 is 0 Å². The number of aryl methyl sites for hydroxylation is 1. The average Bonchev–Trinajstić information content (AvgIpc) is 2.89. The standard InChI is InChI=1S/C32H53FO2/c1-3-5-7-9-11-13-26-15-17-28(18-16-26)30-20-19-29(31(33)23-30)21-22-32-34-24-27(25-35-32)14-12-10-8-6-4-2/h19-20,23,26-28,32H,3-18,21-22,24-25H2,1-2H3. The highest BCUT2D eigenvalue weighted by molar-refractivity contribution is 5.27. The second kappa shape index (κ2) is 16.7. The third-order valence-electron chi connectivity index (χ3n) is 8.51. The number of ether oxygens (including phenoxy) is 2. The van der Waals surface area contributed by atoms with Crippen LogP contribution in [0.15, 0.2) is 18.2 Å². The minimum Gasteiger partial charge on any atom is -0.352 e. The van der Waals surface area contributed by atoms with Crippen molar-refractivity contribution in [3.8, 4) is 0 Å². The molecule has 3 rings (SSSR count). The minimum absolute atomic E-state index is 0.0405. The molecule has 0 bridgehead atoms. The summed E-state index contributed by atoms with van der Waals surface area (Å²) in [5.74, 6) is 1.92. The van der Waals surface area contributed by atoms with E-state index in [4.69, 9.17) is 9.47 Å². The molecule has 200 valence electrons. The summed E-state index contributed by atoms with van der Waals surface area (Å²) in [7, 11) is 0. The van der Waals surface area contributed by atoms with Crippen LogP contribution in [0, 0.1) is 17.7 Å². The SMILES string of the molecule is CCCCCCCC1CCC(c2ccc(CCC3OCC(CCCCCCC)CO3)c(F)c2)CC1. The van der Waals surface area contributed by atoms with Crippen LogP contribution >= 0.6 is 0 Å². The Morgan fingerprint density at radius 2 is 1.31 bits per heavy atom. The van der Waals surface area contributed by atoms with Crippen LogP contribution in [-0.4, -0.2) is 19.5 Å². The number of benzene rings is 1. The maximum absolute atomic E-state index is 14.9. The van der Waals surface area contributed by atoms with Crippen molar-refractivity contribution in [2.75, 3.05) is 13.2 Å². The third kappa shape index (κ3) is 10.5. The van der Waals surface area contributed by atoms with E-state index in [2.05, 4.69) is 19.9 Å². The zero-order valence-corrected chi connectivity index (χ0v) is 22.9. The van der Waals surface area contributed by atoms with E-state index in [0.717, 1.165) is 31.1 Å². The molecule has 0 spiro atoms. The Hall–Kier alpha value is -0.930. The molecule has 0 aromatic heterocycles. The molecule has 1 heterocycles. The van der Waals surface area contributed by atoms with Gasteiger partial charge in [0.05, 0.1) is 13.2 Å². The zero-order chi connectivity index (χ0) is 24.7. The molecule has 2 fully saturated rings. The predicted octanol–water partition coefficient (Wildman–Crippen LogP) is 9.74. The fraction of sp³-hybridized carbons (Fsp3) is 0.812. The van der Waals surface area contributed by atoms with Crippen LogP contribution in [-0.2, 0) is 15.9 Å². The van der Waals surface area contributed by atoms with Crippen molar-refractivity contribution >= 4 is 0 Å². The summed E-state index contributed by atoms with van der Waals surface area (Å²) in [5.41, 5.74) is 2.01. The van der Waals surface area contributed by atoms with E-state index in [-0.39, 0.29) is 12.1 Å². The number of halogens is 1. The highest BCUT2D eigenvalue weighted by atomic mass is 19.1. The van der Waals surface area contributed by atoms with Crippen LogP contribution < -0.4 is 0 Å². The van der Waals surface area contributed by atoms with Gasteiger partial charge in [-0.25, -0.2) is 4.39 Å². The summed E-state index contributed by atoms with van der Waals surface area (Å²) >= 11 is 0. The molecule has 35 heavy (non-hydrogen) atoms. The first-order valence-electron chi connectivity index (χ1n) is 15.2. The molecule has 1 aromatic rings. The Bertz CT molecular complexity index is 674. The van der Waals surface area contributed by atoms with Gasteiger partial charge in [0.2, 0.25) is 0 Å². The van der Waals surface area contributed by atoms with Crippen molar-refractivity contribution in [2.45, 2.75) is 142 Å². The van der Waals surface area contributed by atoms with Crippen molar-refractivity contribution in [2.24, 2.45) is 11.8 Å². The second-order valence-electron chi connectivity index (χ2n) is 11.5. The summed E-state index contributed by atoms with van der Waals surface area (Å²) in [6.45, 7) is 6.12. The van der Waals surface area contributed by atoms with Gasteiger partial charge in [0.1, 0.15) is 5.82 Å². The molecule has 1 saturated carbocycles. The Kier molecular flexibility index (Phi) is 13.7. The van der Waals surface area contributed by atoms with Gasteiger partial charge in [-0.1, -0.05) is 96.6 Å². The normalized spacial score (nSPS) is 25.1. The molecule has 0 unspecified atom stereocenters. The Morgan fingerprint density at radius 3 is 1.91 bits per heavy atom. The van der Waals surface area contributed by atoms with Crippen LogP contribution in [0.4, 0.5) is 4.39 Å². The molecule has 0 atom stereocenters. The van der Waals surface area contributed by atoms with E-state index in [1.807, 2.05) is 12.1 Å². The smallest absolute Gasteiger partial charge is 0.157 e. The van der Waals surface area contributed by atoms with E-state index in [1.165, 1.54) is 108 Å². The lowest BCUT2D eigenvalue weighted by atomic mass is 9.77. The molecular weight excluding hydrogens is 435 g/mol. The molecule has 0 amide bonds.